The molecule has 0 saturated carbocycles. The van der Waals surface area contributed by atoms with Gasteiger partial charge in [0.05, 0.1) is 11.9 Å². The van der Waals surface area contributed by atoms with Crippen molar-refractivity contribution in [1.82, 2.24) is 29.8 Å². The number of hydrogen-bond donors (Lipinski definition) is 2. The van der Waals surface area contributed by atoms with Crippen LogP contribution in [0.4, 0.5) is 11.6 Å². The van der Waals surface area contributed by atoms with Gasteiger partial charge in [-0.05, 0) is 30.5 Å². The van der Waals surface area contributed by atoms with Crippen LogP contribution in [0.25, 0.3) is 5.78 Å². The predicted octanol–water partition coefficient (Wildman–Crippen LogP) is 1.25. The number of H-pyrrole nitrogens is 2. The molecule has 1 saturated heterocycles. The van der Waals surface area contributed by atoms with Gasteiger partial charge in [-0.2, -0.15) is 14.6 Å². The third-order valence-corrected chi connectivity index (χ3v) is 5.30. The highest BCUT2D eigenvalue weighted by atomic mass is 16.1. The molecule has 9 nitrogen and oxygen atoms in total. The molecule has 4 heterocycles. The second-order valence-electron chi connectivity index (χ2n) is 7.18. The fraction of sp³-hybridized carbons (Fsp3) is 0.300. The van der Waals surface area contributed by atoms with Crippen LogP contribution in [0.2, 0.25) is 0 Å². The lowest BCUT2D eigenvalue weighted by Gasteiger charge is -2.35. The maximum absolute atomic E-state index is 12.5. The van der Waals surface area contributed by atoms with Crippen LogP contribution in [0.1, 0.15) is 11.3 Å². The van der Waals surface area contributed by atoms with Crippen molar-refractivity contribution in [2.45, 2.75) is 12.8 Å². The highest BCUT2D eigenvalue weighted by molar-refractivity contribution is 5.49. The van der Waals surface area contributed by atoms with Crippen LogP contribution >= 0.6 is 0 Å². The fourth-order valence-corrected chi connectivity index (χ4v) is 3.69. The summed E-state index contributed by atoms with van der Waals surface area (Å²) in [6.45, 7) is 3.46. The number of aromatic nitrogens is 6. The van der Waals surface area contributed by atoms with Crippen molar-refractivity contribution in [1.29, 1.82) is 0 Å². The first-order valence-electron chi connectivity index (χ1n) is 9.77. The lowest BCUT2D eigenvalue weighted by atomic mass is 10.1. The van der Waals surface area contributed by atoms with Gasteiger partial charge in [0.2, 0.25) is 5.95 Å². The second kappa shape index (κ2) is 7.42. The number of nitrogens with zero attached hydrogens (tertiary/aromatic N) is 6. The Morgan fingerprint density at radius 1 is 0.966 bits per heavy atom. The molecule has 0 atom stereocenters. The van der Waals surface area contributed by atoms with Gasteiger partial charge in [-0.25, -0.2) is 4.98 Å². The third-order valence-electron chi connectivity index (χ3n) is 5.30. The van der Waals surface area contributed by atoms with Gasteiger partial charge in [0, 0.05) is 44.1 Å². The summed E-state index contributed by atoms with van der Waals surface area (Å²) in [6.07, 6.45) is 5.08. The molecular formula is C20H22N8O. The quantitative estimate of drug-likeness (QED) is 0.532. The molecule has 4 aromatic rings. The van der Waals surface area contributed by atoms with Crippen molar-refractivity contribution in [3.8, 4) is 0 Å². The third kappa shape index (κ3) is 3.58. The number of aryl methyl sites for hydroxylation is 2. The Balaban J connectivity index is 1.31. The summed E-state index contributed by atoms with van der Waals surface area (Å²) < 4.78 is 1.42. The van der Waals surface area contributed by atoms with E-state index < -0.39 is 0 Å². The predicted molar refractivity (Wildman–Crippen MR) is 110 cm³/mol. The first kappa shape index (κ1) is 17.5. The average Bonchev–Trinajstić information content (AvgIpc) is 3.43. The molecule has 0 spiro atoms. The number of hydrogen-bond acceptors (Lipinski definition) is 6. The molecule has 9 heteroatoms. The zero-order valence-corrected chi connectivity index (χ0v) is 16.0. The number of benzene rings is 1. The molecule has 1 aliphatic heterocycles. The number of para-hydroxylation sites is 1. The van der Waals surface area contributed by atoms with Crippen LogP contribution in [0, 0.1) is 0 Å². The van der Waals surface area contributed by atoms with Crippen LogP contribution in [-0.2, 0) is 12.8 Å². The van der Waals surface area contributed by atoms with Crippen molar-refractivity contribution in [2.24, 2.45) is 0 Å². The molecule has 0 bridgehead atoms. The van der Waals surface area contributed by atoms with Crippen LogP contribution in [0.15, 0.2) is 53.6 Å². The number of aromatic amines is 2. The monoisotopic (exact) mass is 390 g/mol. The first-order valence-corrected chi connectivity index (χ1v) is 9.77. The minimum atomic E-state index is -0.140. The molecule has 0 unspecified atom stereocenters. The van der Waals surface area contributed by atoms with E-state index in [4.69, 9.17) is 0 Å². The van der Waals surface area contributed by atoms with Gasteiger partial charge in [-0.3, -0.25) is 15.0 Å². The summed E-state index contributed by atoms with van der Waals surface area (Å²) in [5, 5.41) is 9.85. The Kier molecular flexibility index (Phi) is 4.47. The minimum Gasteiger partial charge on any atom is -0.368 e. The largest absolute Gasteiger partial charge is 0.368 e. The van der Waals surface area contributed by atoms with E-state index in [0.29, 0.717) is 18.1 Å². The lowest BCUT2D eigenvalue weighted by molar-refractivity contribution is 0.639. The van der Waals surface area contributed by atoms with Crippen LogP contribution in [0.5, 0.6) is 0 Å². The smallest absolute Gasteiger partial charge is 0.274 e. The molecule has 29 heavy (non-hydrogen) atoms. The number of nitrogens with one attached hydrogen (secondary N) is 2. The number of piperazine rings is 1. The summed E-state index contributed by atoms with van der Waals surface area (Å²) in [6, 6.07) is 12.0. The Bertz CT molecular complexity index is 1140. The van der Waals surface area contributed by atoms with E-state index >= 15 is 0 Å². The molecule has 5 rings (SSSR count). The van der Waals surface area contributed by atoms with E-state index in [1.807, 2.05) is 12.3 Å². The molecule has 1 aromatic carbocycles. The maximum atomic E-state index is 12.5. The lowest BCUT2D eigenvalue weighted by Crippen LogP contribution is -2.47. The van der Waals surface area contributed by atoms with Gasteiger partial charge in [0.1, 0.15) is 0 Å². The zero-order valence-electron chi connectivity index (χ0n) is 16.0. The van der Waals surface area contributed by atoms with E-state index in [2.05, 4.69) is 59.3 Å². The molecule has 148 valence electrons. The van der Waals surface area contributed by atoms with E-state index in [-0.39, 0.29) is 5.56 Å². The average molecular weight is 390 g/mol. The summed E-state index contributed by atoms with van der Waals surface area (Å²) in [4.78, 5) is 26.2. The number of anilines is 2. The molecule has 2 N–H and O–H groups in total. The van der Waals surface area contributed by atoms with Gasteiger partial charge in [0.15, 0.2) is 0 Å². The maximum Gasteiger partial charge on any atom is 0.274 e. The number of fused-ring (bicyclic) bond motifs is 1. The first-order chi connectivity index (χ1) is 14.3. The zero-order chi connectivity index (χ0) is 19.6. The minimum absolute atomic E-state index is 0.140. The topological polar surface area (TPSA) is 98.2 Å². The van der Waals surface area contributed by atoms with Crippen molar-refractivity contribution in [3.63, 3.8) is 0 Å². The van der Waals surface area contributed by atoms with Crippen molar-refractivity contribution < 1.29 is 0 Å². The molecule has 0 aliphatic carbocycles. The Morgan fingerprint density at radius 3 is 2.52 bits per heavy atom. The van der Waals surface area contributed by atoms with Crippen LogP contribution in [0.3, 0.4) is 0 Å². The van der Waals surface area contributed by atoms with Crippen LogP contribution in [-0.4, -0.2) is 56.0 Å². The summed E-state index contributed by atoms with van der Waals surface area (Å²) in [5.41, 5.74) is 2.92. The van der Waals surface area contributed by atoms with Crippen molar-refractivity contribution in [3.05, 3.63) is 70.4 Å². The standard InChI is InChI=1S/C20H22N8O/c29-18-12-16(7-6-15-13-21-22-14-15)23-19-24-20(25-28(18)19)27-10-8-26(9-11-27)17-4-2-1-3-5-17/h1-5,12-14H,6-11H2,(H,21,22)(H,23,24,25). The molecule has 3 aromatic heterocycles. The fourth-order valence-electron chi connectivity index (χ4n) is 3.69. The highest BCUT2D eigenvalue weighted by Gasteiger charge is 2.20. The van der Waals surface area contributed by atoms with Gasteiger partial charge < -0.3 is 9.80 Å². The van der Waals surface area contributed by atoms with Crippen molar-refractivity contribution >= 4 is 17.4 Å². The summed E-state index contributed by atoms with van der Waals surface area (Å²) >= 11 is 0. The highest BCUT2D eigenvalue weighted by Crippen LogP contribution is 2.18. The number of rotatable bonds is 5. The summed E-state index contributed by atoms with van der Waals surface area (Å²) in [5.74, 6) is 1.11. The van der Waals surface area contributed by atoms with Gasteiger partial charge >= 0.3 is 0 Å². The van der Waals surface area contributed by atoms with Gasteiger partial charge in [-0.1, -0.05) is 18.2 Å². The van der Waals surface area contributed by atoms with Crippen molar-refractivity contribution in [2.75, 3.05) is 36.0 Å². The van der Waals surface area contributed by atoms with E-state index in [1.165, 1.54) is 10.2 Å². The molecule has 1 aliphatic rings. The molecule has 0 radical (unpaired) electrons. The Labute approximate surface area is 167 Å². The second-order valence-corrected chi connectivity index (χ2v) is 7.18. The van der Waals surface area contributed by atoms with E-state index in [9.17, 15) is 4.79 Å². The molecule has 0 amide bonds. The Morgan fingerprint density at radius 2 is 1.76 bits per heavy atom. The van der Waals surface area contributed by atoms with Gasteiger partial charge in [0.25, 0.3) is 11.3 Å². The normalized spacial score (nSPS) is 14.6. The molecule has 1 fully saturated rings. The van der Waals surface area contributed by atoms with Gasteiger partial charge in [-0.15, -0.1) is 0 Å². The molecular weight excluding hydrogens is 368 g/mol. The summed E-state index contributed by atoms with van der Waals surface area (Å²) in [7, 11) is 0. The van der Waals surface area contributed by atoms with E-state index in [0.717, 1.165) is 43.9 Å². The SMILES string of the molecule is O=c1cc(CCc2cn[nH]c2)nc2nc(N3CCN(c4ccccc4)CC3)[nH]n12. The Hall–Kier alpha value is -3.62. The van der Waals surface area contributed by atoms with E-state index in [1.54, 1.807) is 12.3 Å². The van der Waals surface area contributed by atoms with Crippen LogP contribution < -0.4 is 15.4 Å².